The molecule has 2 N–H and O–H groups in total. The Morgan fingerprint density at radius 3 is 2.68 bits per heavy atom. The lowest BCUT2D eigenvalue weighted by Gasteiger charge is -2.19. The highest BCUT2D eigenvalue weighted by Gasteiger charge is 2.21. The fraction of sp³-hybridized carbons (Fsp3) is 0.333. The van der Waals surface area contributed by atoms with Crippen molar-refractivity contribution >= 4 is 33.4 Å². The van der Waals surface area contributed by atoms with Gasteiger partial charge < -0.3 is 24.8 Å². The Bertz CT molecular complexity index is 1580. The molecule has 214 valence electrons. The number of carbonyl (C=O) groups excluding carboxylic acids is 2. The molecule has 0 atom stereocenters. The molecule has 11 heteroatoms. The molecule has 3 heterocycles. The summed E-state index contributed by atoms with van der Waals surface area (Å²) in [6.45, 7) is 6.96. The molecule has 1 aliphatic heterocycles. The zero-order valence-corrected chi connectivity index (χ0v) is 23.9. The molecule has 5 rings (SSSR count). The van der Waals surface area contributed by atoms with Crippen LogP contribution in [0.3, 0.4) is 0 Å². The van der Waals surface area contributed by atoms with Crippen LogP contribution in [0.4, 0.5) is 9.18 Å². The molecule has 0 fully saturated rings. The van der Waals surface area contributed by atoms with Gasteiger partial charge in [0.05, 0.1) is 17.9 Å². The van der Waals surface area contributed by atoms with Crippen LogP contribution in [-0.4, -0.2) is 60.7 Å². The number of ether oxygens (including phenoxy) is 3. The topological polar surface area (TPSA) is 112 Å². The molecule has 0 bridgehead atoms. The van der Waals surface area contributed by atoms with Crippen LogP contribution in [0.25, 0.3) is 32.6 Å². The van der Waals surface area contributed by atoms with Gasteiger partial charge >= 0.3 is 6.09 Å². The first kappa shape index (κ1) is 28.4. The summed E-state index contributed by atoms with van der Waals surface area (Å²) in [6, 6.07) is 12.0. The quantitative estimate of drug-likeness (QED) is 0.257. The van der Waals surface area contributed by atoms with Crippen molar-refractivity contribution in [3.8, 4) is 28.3 Å². The molecule has 0 aliphatic carbocycles. The summed E-state index contributed by atoms with van der Waals surface area (Å²) < 4.78 is 31.7. The van der Waals surface area contributed by atoms with Crippen molar-refractivity contribution in [2.45, 2.75) is 32.8 Å². The lowest BCUT2D eigenvalue weighted by atomic mass is 9.96. The van der Waals surface area contributed by atoms with E-state index in [1.165, 1.54) is 23.5 Å². The summed E-state index contributed by atoms with van der Waals surface area (Å²) in [5.74, 6) is -0.167. The Morgan fingerprint density at radius 2 is 1.85 bits per heavy atom. The lowest BCUT2D eigenvalue weighted by Crippen LogP contribution is -2.34. The maximum Gasteiger partial charge on any atom is 0.407 e. The first-order valence-electron chi connectivity index (χ1n) is 13.3. The van der Waals surface area contributed by atoms with Gasteiger partial charge in [0, 0.05) is 41.2 Å². The van der Waals surface area contributed by atoms with Crippen LogP contribution in [0, 0.1) is 5.82 Å². The third kappa shape index (κ3) is 6.80. The third-order valence-electron chi connectivity index (χ3n) is 6.29. The Kier molecular flexibility index (Phi) is 8.46. The number of nitrogens with zero attached hydrogens (tertiary/aromatic N) is 2. The minimum absolute atomic E-state index is 0.0633. The standard InChI is InChI=1S/C30H31FN4O5S/c1-30(2,3)40-29(37)33-11-12-38-13-14-39-24-17-20(31)5-7-22(24)26-27-23(9-15-41-27)25(34-35-26)19-4-6-21-18(16-19)8-10-32-28(21)36/h4-7,9,15-17H,8,10-14H2,1-3H3,(H,32,36)(H,33,37). The van der Waals surface area contributed by atoms with Gasteiger partial charge in [0.2, 0.25) is 0 Å². The first-order valence-corrected chi connectivity index (χ1v) is 14.2. The summed E-state index contributed by atoms with van der Waals surface area (Å²) in [5.41, 5.74) is 3.91. The van der Waals surface area contributed by atoms with Gasteiger partial charge in [-0.15, -0.1) is 21.5 Å². The van der Waals surface area contributed by atoms with Gasteiger partial charge in [0.25, 0.3) is 5.91 Å². The van der Waals surface area contributed by atoms with E-state index in [1.54, 1.807) is 26.8 Å². The zero-order valence-electron chi connectivity index (χ0n) is 23.1. The number of fused-ring (bicyclic) bond motifs is 2. The van der Waals surface area contributed by atoms with Crippen molar-refractivity contribution < 1.29 is 28.2 Å². The molecular weight excluding hydrogens is 547 g/mol. The number of aromatic nitrogens is 2. The van der Waals surface area contributed by atoms with Gasteiger partial charge in [-0.3, -0.25) is 4.79 Å². The van der Waals surface area contributed by atoms with E-state index in [2.05, 4.69) is 20.8 Å². The number of alkyl carbamates (subject to hydrolysis) is 1. The van der Waals surface area contributed by atoms with Crippen LogP contribution in [0.1, 0.15) is 36.7 Å². The molecule has 9 nitrogen and oxygen atoms in total. The van der Waals surface area contributed by atoms with Crippen LogP contribution < -0.4 is 15.4 Å². The van der Waals surface area contributed by atoms with Crippen molar-refractivity contribution in [3.63, 3.8) is 0 Å². The monoisotopic (exact) mass is 578 g/mol. The number of hydrogen-bond donors (Lipinski definition) is 2. The van der Waals surface area contributed by atoms with Crippen molar-refractivity contribution in [1.82, 2.24) is 20.8 Å². The van der Waals surface area contributed by atoms with Crippen LogP contribution in [0.2, 0.25) is 0 Å². The molecule has 2 amide bonds. The van der Waals surface area contributed by atoms with E-state index < -0.39 is 17.5 Å². The van der Waals surface area contributed by atoms with E-state index >= 15 is 0 Å². The van der Waals surface area contributed by atoms with Gasteiger partial charge in [-0.2, -0.15) is 0 Å². The summed E-state index contributed by atoms with van der Waals surface area (Å²) >= 11 is 1.52. The number of benzene rings is 2. The lowest BCUT2D eigenvalue weighted by molar-refractivity contribution is 0.0488. The van der Waals surface area contributed by atoms with Gasteiger partial charge in [-0.25, -0.2) is 9.18 Å². The van der Waals surface area contributed by atoms with Crippen LogP contribution in [0.15, 0.2) is 47.8 Å². The highest BCUT2D eigenvalue weighted by molar-refractivity contribution is 7.17. The maximum absolute atomic E-state index is 14.2. The highest BCUT2D eigenvalue weighted by Crippen LogP contribution is 2.39. The van der Waals surface area contributed by atoms with Crippen LogP contribution >= 0.6 is 11.3 Å². The number of amides is 2. The minimum Gasteiger partial charge on any atom is -0.490 e. The molecule has 41 heavy (non-hydrogen) atoms. The number of nitrogens with one attached hydrogen (secondary N) is 2. The fourth-order valence-corrected chi connectivity index (χ4v) is 5.40. The molecule has 4 aromatic rings. The average molecular weight is 579 g/mol. The van der Waals surface area contributed by atoms with Crippen LogP contribution in [0.5, 0.6) is 5.75 Å². The van der Waals surface area contributed by atoms with Crippen molar-refractivity contribution in [2.24, 2.45) is 0 Å². The van der Waals surface area contributed by atoms with E-state index in [-0.39, 0.29) is 32.3 Å². The van der Waals surface area contributed by atoms with Crippen molar-refractivity contribution in [3.05, 3.63) is 64.8 Å². The molecular formula is C30H31FN4O5S. The second-order valence-electron chi connectivity index (χ2n) is 10.5. The molecule has 2 aromatic heterocycles. The summed E-state index contributed by atoms with van der Waals surface area (Å²) in [5, 5.41) is 17.5. The van der Waals surface area contributed by atoms with E-state index in [9.17, 15) is 14.0 Å². The molecule has 0 spiro atoms. The maximum atomic E-state index is 14.2. The molecule has 0 saturated heterocycles. The van der Waals surface area contributed by atoms with Gasteiger partial charge in [0.1, 0.15) is 35.2 Å². The number of hydrogen-bond acceptors (Lipinski definition) is 8. The Labute approximate surface area is 241 Å². The van der Waals surface area contributed by atoms with Gasteiger partial charge in [-0.1, -0.05) is 6.07 Å². The number of rotatable bonds is 9. The van der Waals surface area contributed by atoms with E-state index in [1.807, 2.05) is 29.6 Å². The second-order valence-corrected chi connectivity index (χ2v) is 11.4. The van der Waals surface area contributed by atoms with Crippen molar-refractivity contribution in [2.75, 3.05) is 32.9 Å². The van der Waals surface area contributed by atoms with E-state index in [4.69, 9.17) is 14.2 Å². The molecule has 1 aliphatic rings. The predicted molar refractivity (Wildman–Crippen MR) is 155 cm³/mol. The minimum atomic E-state index is -0.568. The average Bonchev–Trinajstić information content (AvgIpc) is 3.42. The van der Waals surface area contributed by atoms with E-state index in [0.29, 0.717) is 29.1 Å². The Balaban J connectivity index is 1.28. The first-order chi connectivity index (χ1) is 19.7. The number of carbonyl (C=O) groups is 2. The molecule has 0 radical (unpaired) electrons. The Hall–Kier alpha value is -4.09. The van der Waals surface area contributed by atoms with Gasteiger partial charge in [0.15, 0.2) is 0 Å². The number of halogens is 1. The van der Waals surface area contributed by atoms with Crippen molar-refractivity contribution in [1.29, 1.82) is 0 Å². The predicted octanol–water partition coefficient (Wildman–Crippen LogP) is 5.37. The highest BCUT2D eigenvalue weighted by atomic mass is 32.1. The summed E-state index contributed by atoms with van der Waals surface area (Å²) in [7, 11) is 0. The fourth-order valence-electron chi connectivity index (χ4n) is 4.51. The normalized spacial score (nSPS) is 13.0. The Morgan fingerprint density at radius 1 is 1.05 bits per heavy atom. The third-order valence-corrected chi connectivity index (χ3v) is 7.21. The van der Waals surface area contributed by atoms with Crippen LogP contribution in [-0.2, 0) is 15.9 Å². The van der Waals surface area contributed by atoms with E-state index in [0.717, 1.165) is 33.3 Å². The summed E-state index contributed by atoms with van der Waals surface area (Å²) in [6.07, 6.45) is 0.251. The number of thiophene rings is 1. The molecule has 2 aromatic carbocycles. The molecule has 0 unspecified atom stereocenters. The second kappa shape index (κ2) is 12.2. The van der Waals surface area contributed by atoms with Gasteiger partial charge in [-0.05, 0) is 68.5 Å². The summed E-state index contributed by atoms with van der Waals surface area (Å²) in [4.78, 5) is 23.9. The SMILES string of the molecule is CC(C)(C)OC(=O)NCCOCCOc1cc(F)ccc1-c1nnc(-c2ccc3c(c2)CCNC3=O)c2ccsc12. The largest absolute Gasteiger partial charge is 0.490 e. The zero-order chi connectivity index (χ0) is 29.0. The molecule has 0 saturated carbocycles. The smallest absolute Gasteiger partial charge is 0.407 e.